The summed E-state index contributed by atoms with van der Waals surface area (Å²) in [5.74, 6) is -0.920. The van der Waals surface area contributed by atoms with Crippen LogP contribution < -0.4 is 15.8 Å². The van der Waals surface area contributed by atoms with Crippen molar-refractivity contribution in [2.24, 2.45) is 0 Å². The van der Waals surface area contributed by atoms with Crippen LogP contribution in [0.25, 0.3) is 0 Å². The fourth-order valence-electron chi connectivity index (χ4n) is 3.83. The van der Waals surface area contributed by atoms with Crippen LogP contribution >= 0.6 is 11.6 Å². The summed E-state index contributed by atoms with van der Waals surface area (Å²) in [5, 5.41) is 2.93. The number of hydrogen-bond donors (Lipinski definition) is 2. The summed E-state index contributed by atoms with van der Waals surface area (Å²) in [4.78, 5) is 36.7. The van der Waals surface area contributed by atoms with Gasteiger partial charge in [0.25, 0.3) is 5.56 Å². The van der Waals surface area contributed by atoms with E-state index >= 15 is 0 Å². The lowest BCUT2D eigenvalue weighted by Crippen LogP contribution is -2.47. The fourth-order valence-corrected chi connectivity index (χ4v) is 3.99. The van der Waals surface area contributed by atoms with Crippen molar-refractivity contribution < 1.29 is 9.18 Å². The van der Waals surface area contributed by atoms with E-state index in [-0.39, 0.29) is 39.9 Å². The number of piperazine rings is 1. The van der Waals surface area contributed by atoms with Crippen LogP contribution in [0.15, 0.2) is 23.0 Å². The molecular weight excluding hydrogens is 385 g/mol. The molecule has 4 rings (SSSR count). The number of likely N-dealkylation sites (N-methyl/N-ethyl adjacent to an activating group) is 1. The van der Waals surface area contributed by atoms with Crippen molar-refractivity contribution >= 4 is 29.3 Å². The van der Waals surface area contributed by atoms with Gasteiger partial charge in [0.05, 0.1) is 5.56 Å². The molecule has 1 aromatic heterocycles. The molecule has 0 radical (unpaired) electrons. The standard InChI is InChI=1S/C19H21ClFN5O2/c1-2-25-5-7-26(8-6-25)19-23-17-16(18(28)24-19)13(10-15(27)22-17)12-4-3-11(20)9-14(12)21/h3-4,9,13H,2,5-8,10H2,1H3,(H2,22,23,24,27,28)/t13-/m1/s1. The summed E-state index contributed by atoms with van der Waals surface area (Å²) in [5.41, 5.74) is 0.172. The van der Waals surface area contributed by atoms with Crippen LogP contribution in [-0.2, 0) is 4.79 Å². The van der Waals surface area contributed by atoms with Crippen LogP contribution in [0.2, 0.25) is 5.02 Å². The molecule has 1 fully saturated rings. The number of amides is 1. The highest BCUT2D eigenvalue weighted by molar-refractivity contribution is 6.30. The second-order valence-corrected chi connectivity index (χ2v) is 7.48. The summed E-state index contributed by atoms with van der Waals surface area (Å²) >= 11 is 5.84. The lowest BCUT2D eigenvalue weighted by Gasteiger charge is -2.35. The first-order valence-electron chi connectivity index (χ1n) is 9.32. The highest BCUT2D eigenvalue weighted by Crippen LogP contribution is 2.36. The molecule has 0 spiro atoms. The number of H-pyrrole nitrogens is 1. The van der Waals surface area contributed by atoms with Gasteiger partial charge in [-0.1, -0.05) is 24.6 Å². The number of nitrogens with zero attached hydrogens (tertiary/aromatic N) is 3. The number of benzene rings is 1. The molecule has 2 aliphatic rings. The van der Waals surface area contributed by atoms with Gasteiger partial charge in [-0.2, -0.15) is 4.98 Å². The minimum absolute atomic E-state index is 0.0230. The predicted molar refractivity (Wildman–Crippen MR) is 106 cm³/mol. The largest absolute Gasteiger partial charge is 0.340 e. The monoisotopic (exact) mass is 405 g/mol. The van der Waals surface area contributed by atoms with Crippen molar-refractivity contribution in [1.29, 1.82) is 0 Å². The minimum Gasteiger partial charge on any atom is -0.340 e. The summed E-state index contributed by atoms with van der Waals surface area (Å²) in [6.45, 7) is 6.31. The van der Waals surface area contributed by atoms with E-state index in [1.165, 1.54) is 12.1 Å². The fraction of sp³-hybridized carbons (Fsp3) is 0.421. The number of fused-ring (bicyclic) bond motifs is 1. The number of rotatable bonds is 3. The Morgan fingerprint density at radius 1 is 1.25 bits per heavy atom. The number of aromatic nitrogens is 2. The van der Waals surface area contributed by atoms with E-state index in [4.69, 9.17) is 11.6 Å². The van der Waals surface area contributed by atoms with Crippen LogP contribution in [0.4, 0.5) is 16.2 Å². The van der Waals surface area contributed by atoms with Crippen molar-refractivity contribution in [2.45, 2.75) is 19.3 Å². The lowest BCUT2D eigenvalue weighted by molar-refractivity contribution is -0.116. The summed E-state index contributed by atoms with van der Waals surface area (Å²) < 4.78 is 14.5. The SMILES string of the molecule is CCN1CCN(c2nc3c(c(=O)[nH]2)[C@@H](c2ccc(Cl)cc2F)CC(=O)N3)CC1. The molecule has 28 heavy (non-hydrogen) atoms. The van der Waals surface area contributed by atoms with Gasteiger partial charge in [-0.15, -0.1) is 0 Å². The van der Waals surface area contributed by atoms with Gasteiger partial charge in [-0.3, -0.25) is 14.6 Å². The second kappa shape index (κ2) is 7.52. The van der Waals surface area contributed by atoms with Crippen molar-refractivity contribution in [3.8, 4) is 0 Å². The second-order valence-electron chi connectivity index (χ2n) is 7.04. The number of carbonyl (C=O) groups excluding carboxylic acids is 1. The van der Waals surface area contributed by atoms with E-state index in [1.807, 2.05) is 4.90 Å². The molecule has 0 unspecified atom stereocenters. The Balaban J connectivity index is 1.72. The Kier molecular flexibility index (Phi) is 5.07. The van der Waals surface area contributed by atoms with Crippen LogP contribution in [0.3, 0.4) is 0 Å². The third-order valence-electron chi connectivity index (χ3n) is 5.40. The van der Waals surface area contributed by atoms with Crippen LogP contribution in [-0.4, -0.2) is 53.5 Å². The highest BCUT2D eigenvalue weighted by atomic mass is 35.5. The zero-order chi connectivity index (χ0) is 19.8. The molecule has 1 atom stereocenters. The third-order valence-corrected chi connectivity index (χ3v) is 5.63. The number of nitrogens with one attached hydrogen (secondary N) is 2. The Morgan fingerprint density at radius 2 is 2.00 bits per heavy atom. The number of hydrogen-bond acceptors (Lipinski definition) is 5. The van der Waals surface area contributed by atoms with E-state index < -0.39 is 11.7 Å². The first-order chi connectivity index (χ1) is 13.5. The molecular formula is C19H21ClFN5O2. The molecule has 3 heterocycles. The first-order valence-corrected chi connectivity index (χ1v) is 9.70. The Hall–Kier alpha value is -2.45. The Labute approximate surface area is 166 Å². The third kappa shape index (κ3) is 3.49. The van der Waals surface area contributed by atoms with E-state index in [9.17, 15) is 14.0 Å². The maximum Gasteiger partial charge on any atom is 0.258 e. The van der Waals surface area contributed by atoms with Gasteiger partial charge in [-0.25, -0.2) is 4.39 Å². The molecule has 0 saturated carbocycles. The van der Waals surface area contributed by atoms with E-state index in [2.05, 4.69) is 27.1 Å². The van der Waals surface area contributed by atoms with Crippen molar-refractivity contribution in [1.82, 2.24) is 14.9 Å². The highest BCUT2D eigenvalue weighted by Gasteiger charge is 2.33. The quantitative estimate of drug-likeness (QED) is 0.818. The summed E-state index contributed by atoms with van der Waals surface area (Å²) in [6.07, 6.45) is -0.0230. The molecule has 2 aromatic rings. The molecule has 2 aliphatic heterocycles. The van der Waals surface area contributed by atoms with Crippen molar-refractivity contribution in [3.63, 3.8) is 0 Å². The van der Waals surface area contributed by atoms with Crippen LogP contribution in [0, 0.1) is 5.82 Å². The van der Waals surface area contributed by atoms with E-state index in [0.717, 1.165) is 32.7 Å². The predicted octanol–water partition coefficient (Wildman–Crippen LogP) is 2.18. The molecule has 1 saturated heterocycles. The molecule has 0 bridgehead atoms. The molecule has 9 heteroatoms. The Bertz CT molecular complexity index is 971. The van der Waals surface area contributed by atoms with Gasteiger partial charge < -0.3 is 15.1 Å². The van der Waals surface area contributed by atoms with E-state index in [1.54, 1.807) is 6.07 Å². The number of carbonyl (C=O) groups is 1. The van der Waals surface area contributed by atoms with Crippen molar-refractivity contribution in [2.75, 3.05) is 42.9 Å². The molecule has 2 N–H and O–H groups in total. The first kappa shape index (κ1) is 18.9. The number of aromatic amines is 1. The molecule has 1 aromatic carbocycles. The van der Waals surface area contributed by atoms with Gasteiger partial charge in [0, 0.05) is 43.5 Å². The smallest absolute Gasteiger partial charge is 0.258 e. The normalized spacial score (nSPS) is 20.0. The number of anilines is 2. The summed E-state index contributed by atoms with van der Waals surface area (Å²) in [7, 11) is 0. The van der Waals surface area contributed by atoms with Crippen molar-refractivity contribution in [3.05, 3.63) is 50.5 Å². The van der Waals surface area contributed by atoms with E-state index in [0.29, 0.717) is 5.95 Å². The van der Waals surface area contributed by atoms with Gasteiger partial charge in [0.2, 0.25) is 11.9 Å². The topological polar surface area (TPSA) is 81.3 Å². The minimum atomic E-state index is -0.705. The van der Waals surface area contributed by atoms with Crippen LogP contribution in [0.1, 0.15) is 30.4 Å². The van der Waals surface area contributed by atoms with Gasteiger partial charge in [0.15, 0.2) is 0 Å². The zero-order valence-corrected chi connectivity index (χ0v) is 16.2. The molecule has 1 amide bonds. The molecule has 0 aliphatic carbocycles. The molecule has 7 nitrogen and oxygen atoms in total. The summed E-state index contributed by atoms with van der Waals surface area (Å²) in [6, 6.07) is 4.25. The zero-order valence-electron chi connectivity index (χ0n) is 15.5. The lowest BCUT2D eigenvalue weighted by atomic mass is 9.86. The maximum atomic E-state index is 14.5. The van der Waals surface area contributed by atoms with Gasteiger partial charge in [-0.05, 0) is 24.2 Å². The average Bonchev–Trinajstić information content (AvgIpc) is 2.67. The average molecular weight is 406 g/mol. The molecule has 148 valence electrons. The van der Waals surface area contributed by atoms with Gasteiger partial charge >= 0.3 is 0 Å². The van der Waals surface area contributed by atoms with Gasteiger partial charge in [0.1, 0.15) is 11.6 Å². The van der Waals surface area contributed by atoms with Crippen LogP contribution in [0.5, 0.6) is 0 Å². The Morgan fingerprint density at radius 3 is 2.68 bits per heavy atom. The number of halogens is 2. The maximum absolute atomic E-state index is 14.5.